The van der Waals surface area contributed by atoms with Crippen LogP contribution in [0.2, 0.25) is 0 Å². The first-order valence-electron chi connectivity index (χ1n) is 7.56. The summed E-state index contributed by atoms with van der Waals surface area (Å²) in [5, 5.41) is 7.61. The van der Waals surface area contributed by atoms with Crippen LogP contribution in [0.15, 0.2) is 24.3 Å². The minimum absolute atomic E-state index is 0.120. The Morgan fingerprint density at radius 3 is 2.58 bits per heavy atom. The van der Waals surface area contributed by atoms with E-state index in [9.17, 15) is 22.4 Å². The van der Waals surface area contributed by atoms with Gasteiger partial charge in [0.25, 0.3) is 5.91 Å². The van der Waals surface area contributed by atoms with E-state index in [0.717, 1.165) is 0 Å². The van der Waals surface area contributed by atoms with Crippen molar-refractivity contribution in [3.8, 4) is 0 Å². The smallest absolute Gasteiger partial charge is 0.251 e. The molecule has 0 aromatic heterocycles. The van der Waals surface area contributed by atoms with Gasteiger partial charge in [-0.15, -0.1) is 0 Å². The summed E-state index contributed by atoms with van der Waals surface area (Å²) in [7, 11) is -3.54. The SMILES string of the molecule is NS(=O)(=O)C[C@H]1CCN(C(=O)CCNC(=O)c2ccc(F)cc2)C1. The number of nitrogens with one attached hydrogen (secondary N) is 1. The van der Waals surface area contributed by atoms with Crippen molar-refractivity contribution in [3.05, 3.63) is 35.6 Å². The zero-order valence-electron chi connectivity index (χ0n) is 13.1. The number of amides is 2. The number of rotatable bonds is 6. The third kappa shape index (κ3) is 5.57. The minimum atomic E-state index is -3.54. The monoisotopic (exact) mass is 357 g/mol. The molecule has 1 aliphatic heterocycles. The fraction of sp³-hybridized carbons (Fsp3) is 0.467. The highest BCUT2D eigenvalue weighted by Gasteiger charge is 2.28. The van der Waals surface area contributed by atoms with Gasteiger partial charge in [0.1, 0.15) is 5.82 Å². The minimum Gasteiger partial charge on any atom is -0.352 e. The highest BCUT2D eigenvalue weighted by Crippen LogP contribution is 2.18. The van der Waals surface area contributed by atoms with Crippen LogP contribution >= 0.6 is 0 Å². The molecule has 1 atom stereocenters. The van der Waals surface area contributed by atoms with E-state index in [0.29, 0.717) is 25.1 Å². The fourth-order valence-corrected chi connectivity index (χ4v) is 3.60. The molecule has 2 amide bonds. The maximum atomic E-state index is 12.8. The molecule has 1 fully saturated rings. The van der Waals surface area contributed by atoms with E-state index in [4.69, 9.17) is 5.14 Å². The second kappa shape index (κ2) is 7.71. The third-order valence-electron chi connectivity index (χ3n) is 3.84. The Bertz CT molecular complexity index is 706. The molecule has 0 saturated carbocycles. The molecule has 0 bridgehead atoms. The van der Waals surface area contributed by atoms with Crippen molar-refractivity contribution in [2.24, 2.45) is 11.1 Å². The van der Waals surface area contributed by atoms with Crippen LogP contribution in [0.1, 0.15) is 23.2 Å². The normalized spacial score (nSPS) is 17.8. The van der Waals surface area contributed by atoms with Crippen LogP contribution in [0.5, 0.6) is 0 Å². The summed E-state index contributed by atoms with van der Waals surface area (Å²) in [6.07, 6.45) is 0.721. The molecular formula is C15H20FN3O4S. The lowest BCUT2D eigenvalue weighted by Crippen LogP contribution is -2.34. The van der Waals surface area contributed by atoms with Crippen molar-refractivity contribution in [3.63, 3.8) is 0 Å². The van der Waals surface area contributed by atoms with Crippen LogP contribution in [-0.2, 0) is 14.8 Å². The number of sulfonamides is 1. The van der Waals surface area contributed by atoms with Gasteiger partial charge >= 0.3 is 0 Å². The average Bonchev–Trinajstić information content (AvgIpc) is 2.94. The summed E-state index contributed by atoms with van der Waals surface area (Å²) in [5.41, 5.74) is 0.318. The van der Waals surface area contributed by atoms with Crippen molar-refractivity contribution in [2.75, 3.05) is 25.4 Å². The average molecular weight is 357 g/mol. The lowest BCUT2D eigenvalue weighted by atomic mass is 10.2. The van der Waals surface area contributed by atoms with Gasteiger partial charge in [0.2, 0.25) is 15.9 Å². The van der Waals surface area contributed by atoms with Gasteiger partial charge in [0.15, 0.2) is 0 Å². The van der Waals surface area contributed by atoms with Crippen molar-refractivity contribution in [1.29, 1.82) is 0 Å². The van der Waals surface area contributed by atoms with Gasteiger partial charge in [-0.2, -0.15) is 0 Å². The highest BCUT2D eigenvalue weighted by atomic mass is 32.2. The zero-order chi connectivity index (χ0) is 17.7. The molecule has 2 rings (SSSR count). The van der Waals surface area contributed by atoms with E-state index >= 15 is 0 Å². The Morgan fingerprint density at radius 1 is 1.29 bits per heavy atom. The molecule has 9 heteroatoms. The molecule has 0 unspecified atom stereocenters. The summed E-state index contributed by atoms with van der Waals surface area (Å²) in [6, 6.07) is 5.11. The standard InChI is InChI=1S/C15H20FN3O4S/c16-13-3-1-12(2-4-13)15(21)18-7-5-14(20)19-8-6-11(9-19)10-24(17,22)23/h1-4,11H,5-10H2,(H,18,21)(H2,17,22,23)/t11-/m0/s1. The van der Waals surface area contributed by atoms with Crippen LogP contribution < -0.4 is 10.5 Å². The number of benzene rings is 1. The summed E-state index contributed by atoms with van der Waals surface area (Å²) in [6.45, 7) is 1.01. The molecule has 0 aliphatic carbocycles. The van der Waals surface area contributed by atoms with Crippen LogP contribution in [-0.4, -0.2) is 50.5 Å². The van der Waals surface area contributed by atoms with E-state index in [2.05, 4.69) is 5.32 Å². The highest BCUT2D eigenvalue weighted by molar-refractivity contribution is 7.89. The molecule has 24 heavy (non-hydrogen) atoms. The molecule has 0 spiro atoms. The van der Waals surface area contributed by atoms with Crippen molar-refractivity contribution in [2.45, 2.75) is 12.8 Å². The molecule has 7 nitrogen and oxygen atoms in total. The number of nitrogens with two attached hydrogens (primary N) is 1. The topological polar surface area (TPSA) is 110 Å². The third-order valence-corrected chi connectivity index (χ3v) is 4.77. The van der Waals surface area contributed by atoms with Gasteiger partial charge in [-0.25, -0.2) is 17.9 Å². The van der Waals surface area contributed by atoms with E-state index in [1.54, 1.807) is 4.90 Å². The Kier molecular flexibility index (Phi) is 5.89. The molecule has 132 valence electrons. The largest absolute Gasteiger partial charge is 0.352 e. The van der Waals surface area contributed by atoms with Crippen LogP contribution in [0.4, 0.5) is 4.39 Å². The van der Waals surface area contributed by atoms with Gasteiger partial charge < -0.3 is 10.2 Å². The molecule has 1 aromatic carbocycles. The van der Waals surface area contributed by atoms with Gasteiger partial charge in [0, 0.05) is 31.6 Å². The van der Waals surface area contributed by atoms with Gasteiger partial charge in [0.05, 0.1) is 5.75 Å². The summed E-state index contributed by atoms with van der Waals surface area (Å²) >= 11 is 0. The number of halogens is 1. The lowest BCUT2D eigenvalue weighted by Gasteiger charge is -2.16. The molecule has 1 saturated heterocycles. The van der Waals surface area contributed by atoms with Crippen LogP contribution in [0, 0.1) is 11.7 Å². The summed E-state index contributed by atoms with van der Waals surface area (Å²) in [4.78, 5) is 25.5. The second-order valence-corrected chi connectivity index (χ2v) is 7.50. The number of primary sulfonamides is 1. The Labute approximate surface area is 140 Å². The number of nitrogens with zero attached hydrogens (tertiary/aromatic N) is 1. The van der Waals surface area contributed by atoms with E-state index < -0.39 is 15.8 Å². The van der Waals surface area contributed by atoms with Crippen LogP contribution in [0.3, 0.4) is 0 Å². The predicted molar refractivity (Wildman–Crippen MR) is 86.0 cm³/mol. The molecular weight excluding hydrogens is 337 g/mol. The first kappa shape index (κ1) is 18.3. The van der Waals surface area contributed by atoms with Crippen molar-refractivity contribution >= 4 is 21.8 Å². The van der Waals surface area contributed by atoms with E-state index in [1.807, 2.05) is 0 Å². The maximum absolute atomic E-state index is 12.8. The summed E-state index contributed by atoms with van der Waals surface area (Å²) < 4.78 is 34.9. The van der Waals surface area contributed by atoms with Crippen molar-refractivity contribution < 1.29 is 22.4 Å². The number of carbonyl (C=O) groups excluding carboxylic acids is 2. The number of carbonyl (C=O) groups is 2. The molecule has 1 aromatic rings. The number of likely N-dealkylation sites (tertiary alicyclic amines) is 1. The van der Waals surface area contributed by atoms with E-state index in [1.165, 1.54) is 24.3 Å². The maximum Gasteiger partial charge on any atom is 0.251 e. The quantitative estimate of drug-likeness (QED) is 0.751. The summed E-state index contributed by atoms with van der Waals surface area (Å²) in [5.74, 6) is -1.22. The number of hydrogen-bond acceptors (Lipinski definition) is 4. The van der Waals surface area contributed by atoms with Crippen LogP contribution in [0.25, 0.3) is 0 Å². The fourth-order valence-electron chi connectivity index (χ4n) is 2.67. The van der Waals surface area contributed by atoms with Crippen molar-refractivity contribution in [1.82, 2.24) is 10.2 Å². The molecule has 3 N–H and O–H groups in total. The van der Waals surface area contributed by atoms with Gasteiger partial charge in [-0.3, -0.25) is 9.59 Å². The Morgan fingerprint density at radius 2 is 1.96 bits per heavy atom. The predicted octanol–water partition coefficient (Wildman–Crippen LogP) is 0.0826. The Balaban J connectivity index is 1.74. The first-order chi connectivity index (χ1) is 11.2. The second-order valence-electron chi connectivity index (χ2n) is 5.84. The zero-order valence-corrected chi connectivity index (χ0v) is 13.9. The first-order valence-corrected chi connectivity index (χ1v) is 9.28. The number of hydrogen-bond donors (Lipinski definition) is 2. The van der Waals surface area contributed by atoms with Gasteiger partial charge in [-0.05, 0) is 36.6 Å². The molecule has 0 radical (unpaired) electrons. The van der Waals surface area contributed by atoms with E-state index in [-0.39, 0.29) is 36.5 Å². The molecule has 1 aliphatic rings. The lowest BCUT2D eigenvalue weighted by molar-refractivity contribution is -0.130. The molecule has 1 heterocycles. The Hall–Kier alpha value is -2.00. The van der Waals surface area contributed by atoms with Gasteiger partial charge in [-0.1, -0.05) is 0 Å².